The summed E-state index contributed by atoms with van der Waals surface area (Å²) in [6, 6.07) is 2.71. The quantitative estimate of drug-likeness (QED) is 0.852. The SMILES string of the molecule is CC(=O)N1CCC(CN2CCN(C(=O)c3cc4n[nH]nc4cc3F)CC2)CC1. The Labute approximate surface area is 162 Å². The highest BCUT2D eigenvalue weighted by Crippen LogP contribution is 2.21. The van der Waals surface area contributed by atoms with Gasteiger partial charge in [0.1, 0.15) is 16.9 Å². The Morgan fingerprint density at radius 1 is 1.04 bits per heavy atom. The van der Waals surface area contributed by atoms with E-state index in [1.165, 1.54) is 12.1 Å². The highest BCUT2D eigenvalue weighted by Gasteiger charge is 2.27. The van der Waals surface area contributed by atoms with Crippen molar-refractivity contribution >= 4 is 22.8 Å². The molecule has 2 aliphatic heterocycles. The van der Waals surface area contributed by atoms with E-state index in [-0.39, 0.29) is 17.4 Å². The highest BCUT2D eigenvalue weighted by molar-refractivity contribution is 5.97. The van der Waals surface area contributed by atoms with Crippen LogP contribution in [0.25, 0.3) is 11.0 Å². The van der Waals surface area contributed by atoms with E-state index in [1.54, 1.807) is 11.8 Å². The molecule has 0 bridgehead atoms. The van der Waals surface area contributed by atoms with E-state index in [9.17, 15) is 14.0 Å². The summed E-state index contributed by atoms with van der Waals surface area (Å²) in [6.45, 7) is 7.03. The summed E-state index contributed by atoms with van der Waals surface area (Å²) in [4.78, 5) is 30.2. The van der Waals surface area contributed by atoms with Crippen LogP contribution in [0.4, 0.5) is 4.39 Å². The molecule has 2 fully saturated rings. The van der Waals surface area contributed by atoms with E-state index in [2.05, 4.69) is 20.3 Å². The van der Waals surface area contributed by atoms with E-state index < -0.39 is 5.82 Å². The van der Waals surface area contributed by atoms with Crippen molar-refractivity contribution in [1.29, 1.82) is 0 Å². The summed E-state index contributed by atoms with van der Waals surface area (Å²) in [5.74, 6) is -0.116. The Morgan fingerprint density at radius 3 is 2.32 bits per heavy atom. The number of rotatable bonds is 3. The van der Waals surface area contributed by atoms with Crippen LogP contribution in [-0.4, -0.2) is 87.7 Å². The Morgan fingerprint density at radius 2 is 1.68 bits per heavy atom. The van der Waals surface area contributed by atoms with Gasteiger partial charge in [-0.2, -0.15) is 15.4 Å². The first-order valence-electron chi connectivity index (χ1n) is 9.78. The number of halogens is 1. The van der Waals surface area contributed by atoms with E-state index in [0.717, 1.165) is 45.6 Å². The van der Waals surface area contributed by atoms with Crippen molar-refractivity contribution in [3.8, 4) is 0 Å². The second-order valence-corrected chi connectivity index (χ2v) is 7.69. The lowest BCUT2D eigenvalue weighted by atomic mass is 9.96. The molecular formula is C19H25FN6O2. The summed E-state index contributed by atoms with van der Waals surface area (Å²) < 4.78 is 14.3. The first-order chi connectivity index (χ1) is 13.5. The van der Waals surface area contributed by atoms with E-state index in [4.69, 9.17) is 0 Å². The van der Waals surface area contributed by atoms with Gasteiger partial charge in [-0.1, -0.05) is 0 Å². The number of aromatic nitrogens is 3. The molecule has 0 atom stereocenters. The maximum Gasteiger partial charge on any atom is 0.256 e. The third-order valence-corrected chi connectivity index (χ3v) is 5.87. The molecule has 150 valence electrons. The average Bonchev–Trinajstić information content (AvgIpc) is 3.15. The zero-order valence-electron chi connectivity index (χ0n) is 16.0. The van der Waals surface area contributed by atoms with Crippen LogP contribution in [-0.2, 0) is 4.79 Å². The van der Waals surface area contributed by atoms with Crippen LogP contribution < -0.4 is 0 Å². The van der Waals surface area contributed by atoms with Gasteiger partial charge in [0.15, 0.2) is 0 Å². The molecule has 0 saturated carbocycles. The molecule has 28 heavy (non-hydrogen) atoms. The minimum Gasteiger partial charge on any atom is -0.343 e. The molecule has 1 N–H and O–H groups in total. The van der Waals surface area contributed by atoms with Crippen molar-refractivity contribution in [3.05, 3.63) is 23.5 Å². The van der Waals surface area contributed by atoms with Gasteiger partial charge in [-0.3, -0.25) is 14.5 Å². The summed E-state index contributed by atoms with van der Waals surface area (Å²) in [5.41, 5.74) is 0.946. The molecule has 8 nitrogen and oxygen atoms in total. The Hall–Kier alpha value is -2.55. The van der Waals surface area contributed by atoms with Crippen LogP contribution in [0.1, 0.15) is 30.1 Å². The highest BCUT2D eigenvalue weighted by atomic mass is 19.1. The molecule has 1 aromatic heterocycles. The largest absolute Gasteiger partial charge is 0.343 e. The molecule has 0 spiro atoms. The summed E-state index contributed by atoms with van der Waals surface area (Å²) in [6.07, 6.45) is 2.06. The van der Waals surface area contributed by atoms with Gasteiger partial charge in [0.05, 0.1) is 5.56 Å². The second-order valence-electron chi connectivity index (χ2n) is 7.69. The number of hydrogen-bond acceptors (Lipinski definition) is 5. The molecule has 0 aliphatic carbocycles. The maximum atomic E-state index is 14.3. The van der Waals surface area contributed by atoms with Crippen LogP contribution in [0.3, 0.4) is 0 Å². The number of piperazine rings is 1. The van der Waals surface area contributed by atoms with E-state index in [0.29, 0.717) is 30.0 Å². The molecule has 1 aromatic carbocycles. The zero-order valence-corrected chi connectivity index (χ0v) is 16.0. The fourth-order valence-electron chi connectivity index (χ4n) is 4.13. The Bertz CT molecular complexity index is 868. The lowest BCUT2D eigenvalue weighted by Crippen LogP contribution is -2.50. The number of nitrogens with one attached hydrogen (secondary N) is 1. The number of carbonyl (C=O) groups is 2. The van der Waals surface area contributed by atoms with Gasteiger partial charge < -0.3 is 9.80 Å². The molecule has 3 heterocycles. The molecule has 4 rings (SSSR count). The number of hydrogen-bond donors (Lipinski definition) is 1. The minimum atomic E-state index is -0.564. The smallest absolute Gasteiger partial charge is 0.256 e. The van der Waals surface area contributed by atoms with Crippen LogP contribution >= 0.6 is 0 Å². The Kier molecular flexibility index (Phi) is 5.25. The van der Waals surface area contributed by atoms with E-state index in [1.807, 2.05) is 4.90 Å². The number of piperidine rings is 1. The van der Waals surface area contributed by atoms with Gasteiger partial charge in [-0.25, -0.2) is 4.39 Å². The van der Waals surface area contributed by atoms with Crippen molar-refractivity contribution in [2.24, 2.45) is 5.92 Å². The third-order valence-electron chi connectivity index (χ3n) is 5.87. The molecule has 2 aliphatic rings. The molecular weight excluding hydrogens is 363 g/mol. The van der Waals surface area contributed by atoms with Crippen LogP contribution in [0, 0.1) is 11.7 Å². The number of H-pyrrole nitrogens is 1. The van der Waals surface area contributed by atoms with E-state index >= 15 is 0 Å². The van der Waals surface area contributed by atoms with Crippen molar-refractivity contribution in [2.75, 3.05) is 45.8 Å². The first-order valence-corrected chi connectivity index (χ1v) is 9.78. The third kappa shape index (κ3) is 3.84. The molecule has 0 radical (unpaired) electrons. The van der Waals surface area contributed by atoms with Crippen molar-refractivity contribution in [2.45, 2.75) is 19.8 Å². The predicted octanol–water partition coefficient (Wildman–Crippen LogP) is 1.11. The normalized spacial score (nSPS) is 19.4. The van der Waals surface area contributed by atoms with Crippen molar-refractivity contribution in [1.82, 2.24) is 30.1 Å². The van der Waals surface area contributed by atoms with Crippen LogP contribution in [0.5, 0.6) is 0 Å². The lowest BCUT2D eigenvalue weighted by molar-refractivity contribution is -0.130. The summed E-state index contributed by atoms with van der Waals surface area (Å²) >= 11 is 0. The number of likely N-dealkylation sites (tertiary alicyclic amines) is 1. The number of amides is 2. The van der Waals surface area contributed by atoms with Crippen molar-refractivity contribution in [3.63, 3.8) is 0 Å². The maximum absolute atomic E-state index is 14.3. The van der Waals surface area contributed by atoms with Gasteiger partial charge in [-0.05, 0) is 24.8 Å². The number of aromatic amines is 1. The zero-order chi connectivity index (χ0) is 19.7. The predicted molar refractivity (Wildman–Crippen MR) is 101 cm³/mol. The monoisotopic (exact) mass is 388 g/mol. The van der Waals surface area contributed by atoms with Crippen molar-refractivity contribution < 1.29 is 14.0 Å². The minimum absolute atomic E-state index is 0.0476. The average molecular weight is 388 g/mol. The number of carbonyl (C=O) groups excluding carboxylic acids is 2. The first kappa shape index (κ1) is 18.8. The van der Waals surface area contributed by atoms with Gasteiger partial charge in [0.2, 0.25) is 5.91 Å². The van der Waals surface area contributed by atoms with Crippen LogP contribution in [0.2, 0.25) is 0 Å². The second kappa shape index (κ2) is 7.83. The van der Waals surface area contributed by atoms with Crippen LogP contribution in [0.15, 0.2) is 12.1 Å². The van der Waals surface area contributed by atoms with Gasteiger partial charge in [0, 0.05) is 58.8 Å². The van der Waals surface area contributed by atoms with Gasteiger partial charge in [0.25, 0.3) is 5.91 Å². The standard InChI is InChI=1S/C19H25FN6O2/c1-13(27)25-4-2-14(3-5-25)12-24-6-8-26(9-7-24)19(28)15-10-17-18(11-16(15)20)22-23-21-17/h10-11,14H,2-9,12H2,1H3,(H,21,22,23). The molecule has 2 aromatic rings. The topological polar surface area (TPSA) is 85.4 Å². The van der Waals surface area contributed by atoms with Gasteiger partial charge >= 0.3 is 0 Å². The Balaban J connectivity index is 1.30. The number of nitrogens with zero attached hydrogens (tertiary/aromatic N) is 5. The van der Waals surface area contributed by atoms with Gasteiger partial charge in [-0.15, -0.1) is 0 Å². The molecule has 2 saturated heterocycles. The fraction of sp³-hybridized carbons (Fsp3) is 0.579. The fourth-order valence-corrected chi connectivity index (χ4v) is 4.13. The summed E-state index contributed by atoms with van der Waals surface area (Å²) in [7, 11) is 0. The lowest BCUT2D eigenvalue weighted by Gasteiger charge is -2.38. The molecule has 2 amide bonds. The number of benzene rings is 1. The molecule has 9 heteroatoms. The number of fused-ring (bicyclic) bond motifs is 1. The summed E-state index contributed by atoms with van der Waals surface area (Å²) in [5, 5.41) is 10.2. The molecule has 0 unspecified atom stereocenters.